The highest BCUT2D eigenvalue weighted by molar-refractivity contribution is 7.89. The Morgan fingerprint density at radius 3 is 2.37 bits per heavy atom. The first-order chi connectivity index (χ1) is 16.8. The van der Waals surface area contributed by atoms with Crippen molar-refractivity contribution < 1.29 is 12.8 Å². The predicted octanol–water partition coefficient (Wildman–Crippen LogP) is 2.71. The standard InChI is InChI=1S/C24H30FN7O2S/c25-14-18-5-8-21(22(23(18)35(27,33)34)24-28-30-31-29-24)17-3-1-15(2-4-17)16-9-11-32(12-10-16)20-7-6-19(26)13-20/h1-5,8,16,19-20H,6-7,9-14,26H2,(H2,27,33,34)(H,28,29,30,31). The number of nitrogens with zero attached hydrogens (tertiary/aromatic N) is 4. The summed E-state index contributed by atoms with van der Waals surface area (Å²) in [7, 11) is -4.25. The van der Waals surface area contributed by atoms with Crippen LogP contribution in [-0.4, -0.2) is 59.1 Å². The zero-order valence-electron chi connectivity index (χ0n) is 19.4. The quantitative estimate of drug-likeness (QED) is 0.473. The molecule has 0 radical (unpaired) electrons. The molecular formula is C24H30FN7O2S. The van der Waals surface area contributed by atoms with Crippen LogP contribution >= 0.6 is 0 Å². The van der Waals surface area contributed by atoms with Gasteiger partial charge in [0, 0.05) is 17.6 Å². The molecule has 1 aromatic heterocycles. The van der Waals surface area contributed by atoms with Gasteiger partial charge in [0.25, 0.3) is 0 Å². The van der Waals surface area contributed by atoms with E-state index < -0.39 is 16.7 Å². The Balaban J connectivity index is 1.42. The minimum Gasteiger partial charge on any atom is -0.328 e. The van der Waals surface area contributed by atoms with Gasteiger partial charge in [-0.2, -0.15) is 5.21 Å². The number of aromatic amines is 1. The highest BCUT2D eigenvalue weighted by atomic mass is 32.2. The van der Waals surface area contributed by atoms with E-state index in [4.69, 9.17) is 10.9 Å². The number of primary sulfonamides is 1. The average Bonchev–Trinajstić information content (AvgIpc) is 3.55. The molecule has 2 heterocycles. The van der Waals surface area contributed by atoms with Crippen LogP contribution in [0.15, 0.2) is 41.3 Å². The van der Waals surface area contributed by atoms with Gasteiger partial charge in [-0.3, -0.25) is 0 Å². The van der Waals surface area contributed by atoms with E-state index in [2.05, 4.69) is 37.7 Å². The van der Waals surface area contributed by atoms with Crippen molar-refractivity contribution in [1.82, 2.24) is 25.5 Å². The van der Waals surface area contributed by atoms with Crippen molar-refractivity contribution in [2.45, 2.75) is 61.7 Å². The molecule has 1 saturated carbocycles. The molecule has 2 aliphatic rings. The van der Waals surface area contributed by atoms with E-state index in [1.54, 1.807) is 6.07 Å². The molecule has 1 aliphatic heterocycles. The Hall–Kier alpha value is -2.73. The van der Waals surface area contributed by atoms with E-state index in [9.17, 15) is 12.8 Å². The molecule has 1 aliphatic carbocycles. The van der Waals surface area contributed by atoms with Gasteiger partial charge < -0.3 is 10.6 Å². The number of hydrogen-bond acceptors (Lipinski definition) is 7. The average molecular weight is 500 g/mol. The second kappa shape index (κ2) is 9.73. The van der Waals surface area contributed by atoms with Crippen LogP contribution in [0, 0.1) is 0 Å². The molecule has 186 valence electrons. The number of piperidine rings is 1. The SMILES string of the molecule is NC1CCC(N2CCC(c3ccc(-c4ccc(CF)c(S(N)(=O)=O)c4-c4nn[nH]n4)cc3)CC2)C1. The first-order valence-electron chi connectivity index (χ1n) is 11.9. The van der Waals surface area contributed by atoms with E-state index in [1.807, 2.05) is 12.1 Å². The van der Waals surface area contributed by atoms with Crippen molar-refractivity contribution in [1.29, 1.82) is 0 Å². The van der Waals surface area contributed by atoms with Gasteiger partial charge in [-0.1, -0.05) is 36.4 Å². The molecule has 35 heavy (non-hydrogen) atoms. The molecule has 2 aromatic carbocycles. The minimum atomic E-state index is -4.25. The van der Waals surface area contributed by atoms with Crippen LogP contribution in [0.4, 0.5) is 4.39 Å². The van der Waals surface area contributed by atoms with Crippen LogP contribution < -0.4 is 10.9 Å². The summed E-state index contributed by atoms with van der Waals surface area (Å²) in [5, 5.41) is 19.3. The summed E-state index contributed by atoms with van der Waals surface area (Å²) in [6.45, 7) is 1.17. The van der Waals surface area contributed by atoms with Crippen LogP contribution in [-0.2, 0) is 16.7 Å². The predicted molar refractivity (Wildman–Crippen MR) is 130 cm³/mol. The van der Waals surface area contributed by atoms with E-state index in [0.717, 1.165) is 44.3 Å². The third-order valence-corrected chi connectivity index (χ3v) is 8.46. The van der Waals surface area contributed by atoms with Crippen LogP contribution in [0.3, 0.4) is 0 Å². The molecule has 0 amide bonds. The van der Waals surface area contributed by atoms with E-state index in [1.165, 1.54) is 18.1 Å². The summed E-state index contributed by atoms with van der Waals surface area (Å²) in [6.07, 6.45) is 5.62. The lowest BCUT2D eigenvalue weighted by molar-refractivity contribution is 0.153. The van der Waals surface area contributed by atoms with E-state index in [0.29, 0.717) is 23.6 Å². The molecule has 5 rings (SSSR count). The summed E-state index contributed by atoms with van der Waals surface area (Å²) >= 11 is 0. The van der Waals surface area contributed by atoms with Crippen molar-refractivity contribution >= 4 is 10.0 Å². The maximum absolute atomic E-state index is 13.7. The Labute approximate surface area is 204 Å². The number of halogens is 1. The third-order valence-electron chi connectivity index (χ3n) is 7.42. The summed E-state index contributed by atoms with van der Waals surface area (Å²) in [5.41, 5.74) is 8.78. The molecular weight excluding hydrogens is 469 g/mol. The lowest BCUT2D eigenvalue weighted by Crippen LogP contribution is -2.40. The Kier molecular flexibility index (Phi) is 6.67. The molecule has 1 saturated heterocycles. The molecule has 9 nitrogen and oxygen atoms in total. The summed E-state index contributed by atoms with van der Waals surface area (Å²) in [6, 6.07) is 12.2. The lowest BCUT2D eigenvalue weighted by atomic mass is 9.87. The second-order valence-electron chi connectivity index (χ2n) is 9.55. The molecule has 2 atom stereocenters. The largest absolute Gasteiger partial charge is 0.328 e. The molecule has 2 fully saturated rings. The smallest absolute Gasteiger partial charge is 0.239 e. The minimum absolute atomic E-state index is 0.0392. The molecule has 0 spiro atoms. The maximum atomic E-state index is 13.7. The fourth-order valence-corrected chi connectivity index (χ4v) is 6.62. The fourth-order valence-electron chi connectivity index (χ4n) is 5.64. The number of rotatable bonds is 6. The van der Waals surface area contributed by atoms with Gasteiger partial charge in [0.1, 0.15) is 6.67 Å². The number of hydrogen-bond donors (Lipinski definition) is 3. The normalized spacial score (nSPS) is 22.0. The maximum Gasteiger partial charge on any atom is 0.239 e. The van der Waals surface area contributed by atoms with Gasteiger partial charge >= 0.3 is 0 Å². The van der Waals surface area contributed by atoms with Crippen LogP contribution in [0.1, 0.15) is 49.1 Å². The Morgan fingerprint density at radius 1 is 1.06 bits per heavy atom. The molecule has 5 N–H and O–H groups in total. The zero-order valence-corrected chi connectivity index (χ0v) is 20.2. The first kappa shape index (κ1) is 24.0. The van der Waals surface area contributed by atoms with Gasteiger partial charge in [0.15, 0.2) is 0 Å². The molecule has 0 bridgehead atoms. The van der Waals surface area contributed by atoms with Gasteiger partial charge in [-0.25, -0.2) is 17.9 Å². The summed E-state index contributed by atoms with van der Waals surface area (Å²) in [5.74, 6) is 0.517. The van der Waals surface area contributed by atoms with Crippen molar-refractivity contribution in [3.05, 3.63) is 47.5 Å². The molecule has 11 heteroatoms. The van der Waals surface area contributed by atoms with Gasteiger partial charge in [0.05, 0.1) is 10.5 Å². The van der Waals surface area contributed by atoms with Gasteiger partial charge in [0.2, 0.25) is 15.8 Å². The number of nitrogens with one attached hydrogen (secondary N) is 1. The number of H-pyrrole nitrogens is 1. The van der Waals surface area contributed by atoms with Crippen LogP contribution in [0.5, 0.6) is 0 Å². The number of tetrazole rings is 1. The first-order valence-corrected chi connectivity index (χ1v) is 13.5. The summed E-state index contributed by atoms with van der Waals surface area (Å²) in [4.78, 5) is 2.28. The Bertz CT molecular complexity index is 1270. The summed E-state index contributed by atoms with van der Waals surface area (Å²) < 4.78 is 38.5. The van der Waals surface area contributed by atoms with Gasteiger partial charge in [-0.15, -0.1) is 10.2 Å². The van der Waals surface area contributed by atoms with Crippen molar-refractivity contribution in [3.8, 4) is 22.5 Å². The topological polar surface area (TPSA) is 144 Å². The van der Waals surface area contributed by atoms with Gasteiger partial charge in [-0.05, 0) is 73.0 Å². The zero-order chi connectivity index (χ0) is 24.6. The highest BCUT2D eigenvalue weighted by Gasteiger charge is 2.31. The number of aromatic nitrogens is 4. The molecule has 3 aromatic rings. The van der Waals surface area contributed by atoms with Crippen molar-refractivity contribution in [2.24, 2.45) is 10.9 Å². The number of nitrogens with two attached hydrogens (primary N) is 2. The van der Waals surface area contributed by atoms with E-state index >= 15 is 0 Å². The number of benzene rings is 2. The highest BCUT2D eigenvalue weighted by Crippen LogP contribution is 2.39. The third kappa shape index (κ3) is 4.86. The van der Waals surface area contributed by atoms with Crippen LogP contribution in [0.25, 0.3) is 22.5 Å². The monoisotopic (exact) mass is 499 g/mol. The van der Waals surface area contributed by atoms with Crippen molar-refractivity contribution in [2.75, 3.05) is 13.1 Å². The van der Waals surface area contributed by atoms with E-state index in [-0.39, 0.29) is 21.8 Å². The van der Waals surface area contributed by atoms with Crippen LogP contribution in [0.2, 0.25) is 0 Å². The lowest BCUT2D eigenvalue weighted by Gasteiger charge is -2.36. The molecule has 2 unspecified atom stereocenters. The number of likely N-dealkylation sites (tertiary alicyclic amines) is 1. The number of sulfonamides is 1. The second-order valence-corrected chi connectivity index (χ2v) is 11.0. The number of alkyl halides is 1. The fraction of sp³-hybridized carbons (Fsp3) is 0.458. The Morgan fingerprint density at radius 2 is 1.80 bits per heavy atom. The van der Waals surface area contributed by atoms with Crippen molar-refractivity contribution in [3.63, 3.8) is 0 Å².